The van der Waals surface area contributed by atoms with Gasteiger partial charge < -0.3 is 10.1 Å². The van der Waals surface area contributed by atoms with Gasteiger partial charge >= 0.3 is 0 Å². The number of hydrogen-bond donors (Lipinski definition) is 2. The van der Waals surface area contributed by atoms with Crippen molar-refractivity contribution in [3.63, 3.8) is 0 Å². The molecule has 0 atom stereocenters. The molecule has 2 aromatic rings. The molecule has 6 heteroatoms. The molecule has 4 nitrogen and oxygen atoms in total. The van der Waals surface area contributed by atoms with E-state index in [1.807, 2.05) is 6.07 Å². The number of carbonyl (C=O) groups excluding carboxylic acids is 1. The Balaban J connectivity index is 1.99. The standard InChI is InChI=1S/C15H13ClN2O2S/c1-20-13-8-7-11(9-12(13)16)17-15(21)18-14(19)10-5-3-2-4-6-10/h2-9H,1H3,(H2,17,18,19,21). The van der Waals surface area contributed by atoms with Gasteiger partial charge in [-0.05, 0) is 42.5 Å². The number of amides is 1. The SMILES string of the molecule is COc1ccc(NC(=S)NC(=O)c2ccccc2)cc1Cl. The van der Waals surface area contributed by atoms with Crippen molar-refractivity contribution >= 4 is 40.5 Å². The third-order valence-corrected chi connectivity index (χ3v) is 3.17. The molecule has 2 rings (SSSR count). The fourth-order valence-electron chi connectivity index (χ4n) is 1.67. The van der Waals surface area contributed by atoms with Crippen LogP contribution in [0.25, 0.3) is 0 Å². The van der Waals surface area contributed by atoms with Crippen molar-refractivity contribution in [2.45, 2.75) is 0 Å². The maximum atomic E-state index is 11.9. The molecular formula is C15H13ClN2O2S. The first-order valence-electron chi connectivity index (χ1n) is 6.11. The molecule has 1 amide bonds. The summed E-state index contributed by atoms with van der Waals surface area (Å²) in [6, 6.07) is 14.0. The molecule has 0 radical (unpaired) electrons. The van der Waals surface area contributed by atoms with E-state index in [1.165, 1.54) is 0 Å². The molecule has 0 heterocycles. The first-order chi connectivity index (χ1) is 10.1. The largest absolute Gasteiger partial charge is 0.495 e. The Hall–Kier alpha value is -2.11. The van der Waals surface area contributed by atoms with Gasteiger partial charge in [0, 0.05) is 11.3 Å². The highest BCUT2D eigenvalue weighted by molar-refractivity contribution is 7.80. The minimum absolute atomic E-state index is 0.199. The Bertz CT molecular complexity index is 662. The average Bonchev–Trinajstić information content (AvgIpc) is 2.48. The van der Waals surface area contributed by atoms with Crippen LogP contribution in [0, 0.1) is 0 Å². The third kappa shape index (κ3) is 4.18. The van der Waals surface area contributed by atoms with Crippen molar-refractivity contribution in [1.29, 1.82) is 0 Å². The highest BCUT2D eigenvalue weighted by atomic mass is 35.5. The van der Waals surface area contributed by atoms with Crippen molar-refractivity contribution in [3.05, 3.63) is 59.1 Å². The van der Waals surface area contributed by atoms with Crippen molar-refractivity contribution in [1.82, 2.24) is 5.32 Å². The van der Waals surface area contributed by atoms with Crippen LogP contribution in [0.4, 0.5) is 5.69 Å². The molecule has 21 heavy (non-hydrogen) atoms. The predicted octanol–water partition coefficient (Wildman–Crippen LogP) is 3.48. The predicted molar refractivity (Wildman–Crippen MR) is 88.1 cm³/mol. The number of rotatable bonds is 3. The molecule has 0 saturated carbocycles. The van der Waals surface area contributed by atoms with E-state index < -0.39 is 0 Å². The molecule has 0 unspecified atom stereocenters. The van der Waals surface area contributed by atoms with Crippen LogP contribution in [0.2, 0.25) is 5.02 Å². The molecule has 0 aliphatic carbocycles. The van der Waals surface area contributed by atoms with E-state index in [9.17, 15) is 4.79 Å². The van der Waals surface area contributed by atoms with Crippen LogP contribution in [0.1, 0.15) is 10.4 Å². The van der Waals surface area contributed by atoms with E-state index in [-0.39, 0.29) is 11.0 Å². The molecule has 2 N–H and O–H groups in total. The van der Waals surface area contributed by atoms with E-state index in [4.69, 9.17) is 28.6 Å². The minimum Gasteiger partial charge on any atom is -0.495 e. The zero-order chi connectivity index (χ0) is 15.2. The Morgan fingerprint density at radius 2 is 1.90 bits per heavy atom. The zero-order valence-electron chi connectivity index (χ0n) is 11.2. The summed E-state index contributed by atoms with van der Waals surface area (Å²) in [5.41, 5.74) is 1.20. The van der Waals surface area contributed by atoms with Gasteiger partial charge in [0.1, 0.15) is 5.75 Å². The molecule has 0 aromatic heterocycles. The smallest absolute Gasteiger partial charge is 0.257 e. The number of carbonyl (C=O) groups is 1. The maximum Gasteiger partial charge on any atom is 0.257 e. The Labute approximate surface area is 133 Å². The van der Waals surface area contributed by atoms with Gasteiger partial charge in [-0.1, -0.05) is 29.8 Å². The molecule has 0 saturated heterocycles. The molecule has 0 aliphatic heterocycles. The van der Waals surface area contributed by atoms with E-state index in [0.717, 1.165) is 0 Å². The highest BCUT2D eigenvalue weighted by Gasteiger charge is 2.08. The molecule has 2 aromatic carbocycles. The lowest BCUT2D eigenvalue weighted by Gasteiger charge is -2.11. The lowest BCUT2D eigenvalue weighted by molar-refractivity contribution is 0.0977. The number of nitrogens with one attached hydrogen (secondary N) is 2. The second-order valence-electron chi connectivity index (χ2n) is 4.12. The van der Waals surface area contributed by atoms with Gasteiger partial charge in [-0.25, -0.2) is 0 Å². The van der Waals surface area contributed by atoms with E-state index >= 15 is 0 Å². The minimum atomic E-state index is -0.271. The molecular weight excluding hydrogens is 308 g/mol. The molecule has 0 bridgehead atoms. The number of ether oxygens (including phenoxy) is 1. The number of halogens is 1. The van der Waals surface area contributed by atoms with Gasteiger partial charge in [0.05, 0.1) is 12.1 Å². The van der Waals surface area contributed by atoms with Crippen molar-refractivity contribution in [2.24, 2.45) is 0 Å². The van der Waals surface area contributed by atoms with Crippen LogP contribution < -0.4 is 15.4 Å². The van der Waals surface area contributed by atoms with Crippen LogP contribution in [-0.4, -0.2) is 18.1 Å². The second kappa shape index (κ2) is 7.06. The molecule has 0 fully saturated rings. The molecule has 0 spiro atoms. The molecule has 0 aliphatic rings. The summed E-state index contributed by atoms with van der Waals surface area (Å²) in [6.45, 7) is 0. The Morgan fingerprint density at radius 1 is 1.19 bits per heavy atom. The Kier molecular flexibility index (Phi) is 5.14. The van der Waals surface area contributed by atoms with Gasteiger partial charge in [-0.2, -0.15) is 0 Å². The maximum absolute atomic E-state index is 11.9. The van der Waals surface area contributed by atoms with Crippen LogP contribution >= 0.6 is 23.8 Å². The monoisotopic (exact) mass is 320 g/mol. The number of thiocarbonyl (C=S) groups is 1. The summed E-state index contributed by atoms with van der Waals surface area (Å²) >= 11 is 11.1. The van der Waals surface area contributed by atoms with Crippen LogP contribution in [0.5, 0.6) is 5.75 Å². The van der Waals surface area contributed by atoms with E-state index in [1.54, 1.807) is 49.6 Å². The quantitative estimate of drug-likeness (QED) is 0.850. The third-order valence-electron chi connectivity index (χ3n) is 2.67. The van der Waals surface area contributed by atoms with Crippen molar-refractivity contribution in [2.75, 3.05) is 12.4 Å². The Morgan fingerprint density at radius 3 is 2.52 bits per heavy atom. The number of methoxy groups -OCH3 is 1. The second-order valence-corrected chi connectivity index (χ2v) is 4.94. The first kappa shape index (κ1) is 15.3. The lowest BCUT2D eigenvalue weighted by Crippen LogP contribution is -2.34. The average molecular weight is 321 g/mol. The van der Waals surface area contributed by atoms with Gasteiger partial charge in [-0.15, -0.1) is 0 Å². The lowest BCUT2D eigenvalue weighted by atomic mass is 10.2. The van der Waals surface area contributed by atoms with E-state index in [0.29, 0.717) is 22.0 Å². The van der Waals surface area contributed by atoms with E-state index in [2.05, 4.69) is 10.6 Å². The normalized spacial score (nSPS) is 9.81. The molecule has 108 valence electrons. The topological polar surface area (TPSA) is 50.4 Å². The number of benzene rings is 2. The first-order valence-corrected chi connectivity index (χ1v) is 6.89. The van der Waals surface area contributed by atoms with Crippen LogP contribution in [0.15, 0.2) is 48.5 Å². The summed E-state index contributed by atoms with van der Waals surface area (Å²) in [5.74, 6) is 0.300. The fourth-order valence-corrected chi connectivity index (χ4v) is 2.14. The zero-order valence-corrected chi connectivity index (χ0v) is 12.8. The van der Waals surface area contributed by atoms with Crippen molar-refractivity contribution in [3.8, 4) is 5.75 Å². The summed E-state index contributed by atoms with van der Waals surface area (Å²) in [5, 5.41) is 6.15. The summed E-state index contributed by atoms with van der Waals surface area (Å²) in [7, 11) is 1.54. The highest BCUT2D eigenvalue weighted by Crippen LogP contribution is 2.27. The summed E-state index contributed by atoms with van der Waals surface area (Å²) in [4.78, 5) is 11.9. The van der Waals surface area contributed by atoms with Gasteiger partial charge in [0.2, 0.25) is 0 Å². The number of hydrogen-bond acceptors (Lipinski definition) is 3. The summed E-state index contributed by atoms with van der Waals surface area (Å²) < 4.78 is 5.07. The van der Waals surface area contributed by atoms with Gasteiger partial charge in [0.25, 0.3) is 5.91 Å². The van der Waals surface area contributed by atoms with Crippen molar-refractivity contribution < 1.29 is 9.53 Å². The van der Waals surface area contributed by atoms with Crippen LogP contribution in [-0.2, 0) is 0 Å². The summed E-state index contributed by atoms with van der Waals surface area (Å²) in [6.07, 6.45) is 0. The fraction of sp³-hybridized carbons (Fsp3) is 0.0667. The van der Waals surface area contributed by atoms with Crippen LogP contribution in [0.3, 0.4) is 0 Å². The number of anilines is 1. The van der Waals surface area contributed by atoms with Gasteiger partial charge in [-0.3, -0.25) is 10.1 Å². The van der Waals surface area contributed by atoms with Gasteiger partial charge in [0.15, 0.2) is 5.11 Å².